The van der Waals surface area contributed by atoms with E-state index in [-0.39, 0.29) is 5.82 Å². The van der Waals surface area contributed by atoms with E-state index < -0.39 is 0 Å². The van der Waals surface area contributed by atoms with E-state index in [0.29, 0.717) is 12.3 Å². The summed E-state index contributed by atoms with van der Waals surface area (Å²) >= 11 is 0. The van der Waals surface area contributed by atoms with Gasteiger partial charge in [0.2, 0.25) is 0 Å². The number of nitrogens with one attached hydrogen (secondary N) is 1. The normalized spacial score (nSPS) is 17.2. The van der Waals surface area contributed by atoms with Crippen LogP contribution in [0.5, 0.6) is 0 Å². The summed E-state index contributed by atoms with van der Waals surface area (Å²) in [4.78, 5) is 4.37. The van der Waals surface area contributed by atoms with Crippen LogP contribution in [-0.4, -0.2) is 48.9 Å². The first-order valence-corrected chi connectivity index (χ1v) is 5.90. The maximum absolute atomic E-state index is 12.8. The smallest absolute Gasteiger partial charge is 0.123 e. The summed E-state index contributed by atoms with van der Waals surface area (Å²) in [5, 5.41) is 8.05. The first kappa shape index (κ1) is 12.0. The highest BCUT2D eigenvalue weighted by Gasteiger charge is 2.16. The van der Waals surface area contributed by atoms with Gasteiger partial charge in [-0.15, -0.1) is 0 Å². The van der Waals surface area contributed by atoms with Crippen LogP contribution in [0.15, 0.2) is 24.3 Å². The molecule has 4 heteroatoms. The quantitative estimate of drug-likeness (QED) is 0.623. The topological polar surface area (TPSA) is 30.3 Å². The molecule has 1 aromatic rings. The second kappa shape index (κ2) is 5.27. The molecule has 92 valence electrons. The summed E-state index contributed by atoms with van der Waals surface area (Å²) in [5.41, 5.74) is 0.996. The van der Waals surface area contributed by atoms with Crippen LogP contribution in [0.25, 0.3) is 0 Å². The Morgan fingerprint density at radius 2 is 1.76 bits per heavy atom. The van der Waals surface area contributed by atoms with Crippen molar-refractivity contribution in [1.82, 2.24) is 9.80 Å². The maximum atomic E-state index is 12.8. The van der Waals surface area contributed by atoms with Crippen LogP contribution in [0.1, 0.15) is 5.56 Å². The third-order valence-corrected chi connectivity index (χ3v) is 3.17. The molecule has 3 nitrogen and oxygen atoms in total. The van der Waals surface area contributed by atoms with E-state index in [2.05, 4.69) is 16.8 Å². The first-order valence-electron chi connectivity index (χ1n) is 5.90. The van der Waals surface area contributed by atoms with Gasteiger partial charge in [0.1, 0.15) is 11.7 Å². The van der Waals surface area contributed by atoms with Crippen LogP contribution in [0.3, 0.4) is 0 Å². The number of benzene rings is 1. The predicted molar refractivity (Wildman–Crippen MR) is 66.9 cm³/mol. The highest BCUT2D eigenvalue weighted by atomic mass is 19.1. The van der Waals surface area contributed by atoms with Crippen LogP contribution in [0.2, 0.25) is 0 Å². The lowest BCUT2D eigenvalue weighted by atomic mass is 10.1. The first-order chi connectivity index (χ1) is 8.15. The van der Waals surface area contributed by atoms with E-state index >= 15 is 0 Å². The fourth-order valence-corrected chi connectivity index (χ4v) is 1.98. The zero-order chi connectivity index (χ0) is 12.3. The highest BCUT2D eigenvalue weighted by Crippen LogP contribution is 2.07. The number of rotatable bonds is 2. The molecular weight excluding hydrogens is 217 g/mol. The van der Waals surface area contributed by atoms with Crippen molar-refractivity contribution in [3.05, 3.63) is 35.6 Å². The standard InChI is InChI=1S/C13H18FN3/c1-16-6-8-17(9-7-16)13(15)10-11-2-4-12(14)5-3-11/h2-5,15H,6-10H2,1H3. The maximum Gasteiger partial charge on any atom is 0.123 e. The number of amidine groups is 1. The molecule has 0 spiro atoms. The lowest BCUT2D eigenvalue weighted by molar-refractivity contribution is 0.213. The van der Waals surface area contributed by atoms with E-state index in [1.807, 2.05) is 0 Å². The molecule has 1 aromatic carbocycles. The van der Waals surface area contributed by atoms with E-state index in [1.54, 1.807) is 12.1 Å². The Bertz CT molecular complexity index is 380. The minimum Gasteiger partial charge on any atom is -0.358 e. The molecule has 0 unspecified atom stereocenters. The Balaban J connectivity index is 1.90. The number of nitrogens with zero attached hydrogens (tertiary/aromatic N) is 2. The van der Waals surface area contributed by atoms with Gasteiger partial charge in [0.05, 0.1) is 0 Å². The predicted octanol–water partition coefficient (Wildman–Crippen LogP) is 1.59. The fraction of sp³-hybridized carbons (Fsp3) is 0.462. The summed E-state index contributed by atoms with van der Waals surface area (Å²) in [7, 11) is 2.10. The highest BCUT2D eigenvalue weighted by molar-refractivity contribution is 5.81. The van der Waals surface area contributed by atoms with Crippen LogP contribution >= 0.6 is 0 Å². The van der Waals surface area contributed by atoms with Crippen molar-refractivity contribution >= 4 is 5.84 Å². The molecule has 0 aliphatic carbocycles. The van der Waals surface area contributed by atoms with Crippen molar-refractivity contribution in [3.8, 4) is 0 Å². The van der Waals surface area contributed by atoms with Crippen molar-refractivity contribution in [2.75, 3.05) is 33.2 Å². The molecule has 17 heavy (non-hydrogen) atoms. The van der Waals surface area contributed by atoms with Gasteiger partial charge >= 0.3 is 0 Å². The molecule has 0 saturated carbocycles. The van der Waals surface area contributed by atoms with Gasteiger partial charge in [0.15, 0.2) is 0 Å². The van der Waals surface area contributed by atoms with Gasteiger partial charge < -0.3 is 9.80 Å². The molecule has 1 heterocycles. The monoisotopic (exact) mass is 235 g/mol. The van der Waals surface area contributed by atoms with Crippen molar-refractivity contribution in [2.45, 2.75) is 6.42 Å². The molecule has 1 saturated heterocycles. The van der Waals surface area contributed by atoms with Crippen molar-refractivity contribution < 1.29 is 4.39 Å². The summed E-state index contributed by atoms with van der Waals surface area (Å²) in [6, 6.07) is 6.40. The molecule has 0 aromatic heterocycles. The Morgan fingerprint density at radius 1 is 1.18 bits per heavy atom. The van der Waals surface area contributed by atoms with E-state index in [9.17, 15) is 4.39 Å². The Morgan fingerprint density at radius 3 is 2.35 bits per heavy atom. The average Bonchev–Trinajstić information content (AvgIpc) is 2.33. The van der Waals surface area contributed by atoms with Gasteiger partial charge in [-0.25, -0.2) is 4.39 Å². The summed E-state index contributed by atoms with van der Waals surface area (Å²) in [6.45, 7) is 3.84. The second-order valence-electron chi connectivity index (χ2n) is 4.54. The second-order valence-corrected chi connectivity index (χ2v) is 4.54. The lowest BCUT2D eigenvalue weighted by Gasteiger charge is -2.34. The molecule has 0 radical (unpaired) electrons. The van der Waals surface area contributed by atoms with Gasteiger partial charge in [-0.2, -0.15) is 0 Å². The Kier molecular flexibility index (Phi) is 3.74. The number of likely N-dealkylation sites (N-methyl/N-ethyl adjacent to an activating group) is 1. The van der Waals surface area contributed by atoms with Gasteiger partial charge in [0.25, 0.3) is 0 Å². The zero-order valence-electron chi connectivity index (χ0n) is 10.1. The Hall–Kier alpha value is -1.42. The van der Waals surface area contributed by atoms with Crippen molar-refractivity contribution in [2.24, 2.45) is 0 Å². The van der Waals surface area contributed by atoms with Crippen LogP contribution in [0.4, 0.5) is 4.39 Å². The summed E-state index contributed by atoms with van der Waals surface area (Å²) < 4.78 is 12.8. The van der Waals surface area contributed by atoms with Crippen molar-refractivity contribution in [1.29, 1.82) is 5.41 Å². The molecule has 2 rings (SSSR count). The zero-order valence-corrected chi connectivity index (χ0v) is 10.1. The van der Waals surface area contributed by atoms with Crippen LogP contribution in [-0.2, 0) is 6.42 Å². The van der Waals surface area contributed by atoms with E-state index in [1.165, 1.54) is 12.1 Å². The molecule has 0 atom stereocenters. The van der Waals surface area contributed by atoms with Crippen LogP contribution in [0, 0.1) is 11.2 Å². The SMILES string of the molecule is CN1CCN(C(=N)Cc2ccc(F)cc2)CC1. The fourth-order valence-electron chi connectivity index (χ4n) is 1.98. The molecule has 0 bridgehead atoms. The molecule has 1 fully saturated rings. The largest absolute Gasteiger partial charge is 0.358 e. The number of hydrogen-bond acceptors (Lipinski definition) is 2. The van der Waals surface area contributed by atoms with Gasteiger partial charge in [-0.3, -0.25) is 5.41 Å². The molecular formula is C13H18FN3. The summed E-state index contributed by atoms with van der Waals surface area (Å²) in [6.07, 6.45) is 0.587. The average molecular weight is 235 g/mol. The van der Waals surface area contributed by atoms with E-state index in [0.717, 1.165) is 31.7 Å². The molecule has 1 N–H and O–H groups in total. The van der Waals surface area contributed by atoms with Gasteiger partial charge in [-0.1, -0.05) is 12.1 Å². The summed E-state index contributed by atoms with van der Waals surface area (Å²) in [5.74, 6) is 0.407. The van der Waals surface area contributed by atoms with Crippen molar-refractivity contribution in [3.63, 3.8) is 0 Å². The van der Waals surface area contributed by atoms with Gasteiger partial charge in [0, 0.05) is 32.6 Å². The number of halogens is 1. The molecule has 1 aliphatic heterocycles. The third kappa shape index (κ3) is 3.27. The Labute approximate surface area is 101 Å². The number of piperazine rings is 1. The van der Waals surface area contributed by atoms with Gasteiger partial charge in [-0.05, 0) is 24.7 Å². The van der Waals surface area contributed by atoms with Crippen LogP contribution < -0.4 is 0 Å². The lowest BCUT2D eigenvalue weighted by Crippen LogP contribution is -2.47. The minimum atomic E-state index is -0.222. The minimum absolute atomic E-state index is 0.222. The molecule has 1 aliphatic rings. The van der Waals surface area contributed by atoms with E-state index in [4.69, 9.17) is 5.41 Å². The molecule has 0 amide bonds. The third-order valence-electron chi connectivity index (χ3n) is 3.17. The number of hydrogen-bond donors (Lipinski definition) is 1.